The van der Waals surface area contributed by atoms with Crippen molar-refractivity contribution in [1.29, 1.82) is 0 Å². The van der Waals surface area contributed by atoms with Gasteiger partial charge in [0.05, 0.1) is 17.8 Å². The first-order valence-corrected chi connectivity index (χ1v) is 6.98. The van der Waals surface area contributed by atoms with Gasteiger partial charge in [-0.25, -0.2) is 9.48 Å². The fourth-order valence-corrected chi connectivity index (χ4v) is 3.33. The third-order valence-corrected chi connectivity index (χ3v) is 4.34. The summed E-state index contributed by atoms with van der Waals surface area (Å²) in [6.45, 7) is 0.729. The molecule has 2 fully saturated rings. The molecule has 19 heavy (non-hydrogen) atoms. The maximum absolute atomic E-state index is 10.9. The van der Waals surface area contributed by atoms with Gasteiger partial charge in [0.25, 0.3) is 0 Å². The Morgan fingerprint density at radius 1 is 1.42 bits per heavy atom. The van der Waals surface area contributed by atoms with Gasteiger partial charge < -0.3 is 9.84 Å². The van der Waals surface area contributed by atoms with Crippen LogP contribution in [0.25, 0.3) is 0 Å². The number of carbonyl (C=O) groups is 1. The van der Waals surface area contributed by atoms with Crippen molar-refractivity contribution in [3.8, 4) is 0 Å². The van der Waals surface area contributed by atoms with Crippen molar-refractivity contribution in [2.24, 2.45) is 0 Å². The number of rotatable bonds is 2. The molecule has 1 atom stereocenters. The van der Waals surface area contributed by atoms with Crippen molar-refractivity contribution >= 4 is 5.97 Å². The van der Waals surface area contributed by atoms with Crippen molar-refractivity contribution < 1.29 is 14.6 Å². The molecule has 3 rings (SSSR count). The summed E-state index contributed by atoms with van der Waals surface area (Å²) in [5.74, 6) is -1.02. The van der Waals surface area contributed by atoms with E-state index in [2.05, 4.69) is 10.3 Å². The summed E-state index contributed by atoms with van der Waals surface area (Å²) in [6.07, 6.45) is 9.32. The molecule has 2 heterocycles. The van der Waals surface area contributed by atoms with Gasteiger partial charge in [0.2, 0.25) is 0 Å². The SMILES string of the molecule is O=C(O)c1cn(C2CCOC3(CCCCC3)C2)nn1. The van der Waals surface area contributed by atoms with Gasteiger partial charge in [0, 0.05) is 6.61 Å². The molecule has 0 bridgehead atoms. The number of aromatic carboxylic acids is 1. The van der Waals surface area contributed by atoms with E-state index >= 15 is 0 Å². The summed E-state index contributed by atoms with van der Waals surface area (Å²) < 4.78 is 7.75. The third-order valence-electron chi connectivity index (χ3n) is 4.34. The summed E-state index contributed by atoms with van der Waals surface area (Å²) >= 11 is 0. The number of hydrogen-bond acceptors (Lipinski definition) is 4. The van der Waals surface area contributed by atoms with Crippen LogP contribution in [0.4, 0.5) is 0 Å². The van der Waals surface area contributed by atoms with Gasteiger partial charge in [-0.05, 0) is 25.7 Å². The van der Waals surface area contributed by atoms with Crippen LogP contribution in [0.15, 0.2) is 6.20 Å². The molecular weight excluding hydrogens is 246 g/mol. The molecule has 6 heteroatoms. The maximum Gasteiger partial charge on any atom is 0.358 e. The van der Waals surface area contributed by atoms with E-state index < -0.39 is 5.97 Å². The quantitative estimate of drug-likeness (QED) is 0.885. The molecule has 0 amide bonds. The van der Waals surface area contributed by atoms with E-state index in [9.17, 15) is 4.79 Å². The van der Waals surface area contributed by atoms with E-state index in [4.69, 9.17) is 9.84 Å². The van der Waals surface area contributed by atoms with Crippen LogP contribution in [0.3, 0.4) is 0 Å². The highest BCUT2D eigenvalue weighted by Gasteiger charge is 2.39. The fraction of sp³-hybridized carbons (Fsp3) is 0.769. The molecule has 1 unspecified atom stereocenters. The predicted molar refractivity (Wildman–Crippen MR) is 67.0 cm³/mol. The number of hydrogen-bond donors (Lipinski definition) is 1. The predicted octanol–water partition coefficient (Wildman–Crippen LogP) is 2.03. The summed E-state index contributed by atoms with van der Waals surface area (Å²) in [7, 11) is 0. The zero-order valence-corrected chi connectivity index (χ0v) is 10.9. The Bertz CT molecular complexity index is 460. The lowest BCUT2D eigenvalue weighted by molar-refractivity contribution is -0.115. The molecule has 2 aliphatic rings. The van der Waals surface area contributed by atoms with Crippen molar-refractivity contribution in [3.05, 3.63) is 11.9 Å². The molecule has 1 N–H and O–H groups in total. The minimum Gasteiger partial charge on any atom is -0.476 e. The number of carboxylic acids is 1. The summed E-state index contributed by atoms with van der Waals surface area (Å²) in [5.41, 5.74) is 0.0143. The van der Waals surface area contributed by atoms with Gasteiger partial charge in [0.1, 0.15) is 0 Å². The monoisotopic (exact) mass is 265 g/mol. The Hall–Kier alpha value is -1.43. The number of carboxylic acid groups (broad SMARTS) is 1. The first kappa shape index (κ1) is 12.6. The van der Waals surface area contributed by atoms with E-state index in [-0.39, 0.29) is 17.3 Å². The molecule has 0 radical (unpaired) electrons. The molecule has 0 aromatic carbocycles. The molecular formula is C13H19N3O3. The first-order valence-electron chi connectivity index (χ1n) is 6.98. The van der Waals surface area contributed by atoms with Crippen LogP contribution in [-0.2, 0) is 4.74 Å². The zero-order valence-electron chi connectivity index (χ0n) is 10.9. The van der Waals surface area contributed by atoms with Crippen LogP contribution in [-0.4, -0.2) is 38.3 Å². The van der Waals surface area contributed by atoms with Crippen molar-refractivity contribution in [1.82, 2.24) is 15.0 Å². The second-order valence-electron chi connectivity index (χ2n) is 5.63. The Balaban J connectivity index is 1.75. The number of aromatic nitrogens is 3. The molecule has 1 spiro atoms. The lowest BCUT2D eigenvalue weighted by Gasteiger charge is -2.43. The smallest absolute Gasteiger partial charge is 0.358 e. The zero-order chi connectivity index (χ0) is 13.3. The number of nitrogens with zero attached hydrogens (tertiary/aromatic N) is 3. The topological polar surface area (TPSA) is 77.2 Å². The van der Waals surface area contributed by atoms with Crippen LogP contribution >= 0.6 is 0 Å². The van der Waals surface area contributed by atoms with Crippen LogP contribution in [0.1, 0.15) is 61.5 Å². The first-order chi connectivity index (χ1) is 9.19. The van der Waals surface area contributed by atoms with E-state index in [1.807, 2.05) is 0 Å². The van der Waals surface area contributed by atoms with Crippen molar-refractivity contribution in [3.63, 3.8) is 0 Å². The van der Waals surface area contributed by atoms with Crippen LogP contribution < -0.4 is 0 Å². The molecule has 1 aromatic rings. The molecule has 104 valence electrons. The van der Waals surface area contributed by atoms with Gasteiger partial charge in [-0.1, -0.05) is 24.5 Å². The largest absolute Gasteiger partial charge is 0.476 e. The second-order valence-corrected chi connectivity index (χ2v) is 5.63. The van der Waals surface area contributed by atoms with E-state index in [1.165, 1.54) is 25.5 Å². The van der Waals surface area contributed by atoms with E-state index in [0.717, 1.165) is 32.3 Å². The van der Waals surface area contributed by atoms with Gasteiger partial charge in [-0.15, -0.1) is 5.10 Å². The van der Waals surface area contributed by atoms with Crippen molar-refractivity contribution in [2.45, 2.75) is 56.6 Å². The van der Waals surface area contributed by atoms with E-state index in [1.54, 1.807) is 4.68 Å². The van der Waals surface area contributed by atoms with Crippen molar-refractivity contribution in [2.75, 3.05) is 6.61 Å². The Kier molecular flexibility index (Phi) is 3.26. The molecule has 1 saturated carbocycles. The van der Waals surface area contributed by atoms with Gasteiger partial charge in [-0.2, -0.15) is 0 Å². The highest BCUT2D eigenvalue weighted by molar-refractivity contribution is 5.84. The highest BCUT2D eigenvalue weighted by Crippen LogP contribution is 2.41. The summed E-state index contributed by atoms with van der Waals surface area (Å²) in [4.78, 5) is 10.9. The van der Waals surface area contributed by atoms with Crippen LogP contribution in [0.5, 0.6) is 0 Å². The molecule has 1 aliphatic heterocycles. The maximum atomic E-state index is 10.9. The Morgan fingerprint density at radius 2 is 2.21 bits per heavy atom. The van der Waals surface area contributed by atoms with Gasteiger partial charge in [0.15, 0.2) is 5.69 Å². The molecule has 1 aliphatic carbocycles. The Morgan fingerprint density at radius 3 is 2.89 bits per heavy atom. The third kappa shape index (κ3) is 2.49. The number of ether oxygens (including phenoxy) is 1. The average Bonchev–Trinajstić information content (AvgIpc) is 2.89. The summed E-state index contributed by atoms with van der Waals surface area (Å²) in [5, 5.41) is 16.6. The second kappa shape index (κ2) is 4.92. The standard InChI is InChI=1S/C13H19N3O3/c17-12(18)11-9-16(15-14-11)10-4-7-19-13(8-10)5-2-1-3-6-13/h9-10H,1-8H2,(H,17,18). The van der Waals surface area contributed by atoms with E-state index in [0.29, 0.717) is 0 Å². The minimum atomic E-state index is -1.02. The normalized spacial score (nSPS) is 26.4. The fourth-order valence-electron chi connectivity index (χ4n) is 3.33. The van der Waals surface area contributed by atoms with Gasteiger partial charge in [-0.3, -0.25) is 0 Å². The van der Waals surface area contributed by atoms with Gasteiger partial charge >= 0.3 is 5.97 Å². The summed E-state index contributed by atoms with van der Waals surface area (Å²) in [6, 6.07) is 0.215. The molecule has 6 nitrogen and oxygen atoms in total. The Labute approximate surface area is 111 Å². The van der Waals surface area contributed by atoms with Crippen LogP contribution in [0, 0.1) is 0 Å². The highest BCUT2D eigenvalue weighted by atomic mass is 16.5. The minimum absolute atomic E-state index is 0.00347. The lowest BCUT2D eigenvalue weighted by atomic mass is 9.78. The average molecular weight is 265 g/mol. The lowest BCUT2D eigenvalue weighted by Crippen LogP contribution is -2.42. The molecule has 1 saturated heterocycles. The van der Waals surface area contributed by atoms with Crippen LogP contribution in [0.2, 0.25) is 0 Å². The molecule has 1 aromatic heterocycles.